The van der Waals surface area contributed by atoms with E-state index in [-0.39, 0.29) is 0 Å². The summed E-state index contributed by atoms with van der Waals surface area (Å²) in [5.74, 6) is 0. The van der Waals surface area contributed by atoms with Gasteiger partial charge in [-0.2, -0.15) is 0 Å². The van der Waals surface area contributed by atoms with Gasteiger partial charge >= 0.3 is 7.60 Å². The Kier molecular flexibility index (Phi) is 3.29. The average Bonchev–Trinajstić information content (AvgIpc) is 1.59. The van der Waals surface area contributed by atoms with Crippen molar-refractivity contribution < 1.29 is 14.4 Å². The lowest BCUT2D eigenvalue weighted by Gasteiger charge is -1.98. The standard InChI is InChI=1S/C4H9O3P/c1-2-3-4-8(5,6)7/h4H,1-3H2,(H2,5,6,7). The molecule has 2 radical (unpaired) electrons. The maximum absolute atomic E-state index is 10.0. The van der Waals surface area contributed by atoms with Crippen molar-refractivity contribution in [3.05, 3.63) is 13.1 Å². The molecular weight excluding hydrogens is 127 g/mol. The summed E-state index contributed by atoms with van der Waals surface area (Å²) in [6.07, 6.45) is 1.88. The van der Waals surface area contributed by atoms with Gasteiger partial charge in [0, 0.05) is 0 Å². The summed E-state index contributed by atoms with van der Waals surface area (Å²) in [5, 5.41) is 0. The third kappa shape index (κ3) is 6.15. The fraction of sp³-hybridized carbons (Fsp3) is 0.500. The molecule has 0 aliphatic heterocycles. The Hall–Kier alpha value is 0.150. The Labute approximate surface area is 48.9 Å². The van der Waals surface area contributed by atoms with Gasteiger partial charge in [-0.25, -0.2) is 0 Å². The van der Waals surface area contributed by atoms with Gasteiger partial charge in [0.15, 0.2) is 0 Å². The predicted octanol–water partition coefficient (Wildman–Crippen LogP) is 0.940. The number of hydrogen-bond acceptors (Lipinski definition) is 1. The monoisotopic (exact) mass is 136 g/mol. The molecule has 0 fully saturated rings. The molecule has 0 saturated heterocycles. The van der Waals surface area contributed by atoms with Crippen molar-refractivity contribution in [3.63, 3.8) is 0 Å². The normalized spacial score (nSPS) is 11.9. The first kappa shape index (κ1) is 8.15. The van der Waals surface area contributed by atoms with E-state index in [4.69, 9.17) is 9.79 Å². The molecule has 0 spiro atoms. The van der Waals surface area contributed by atoms with Crippen molar-refractivity contribution in [1.82, 2.24) is 0 Å². The number of rotatable bonds is 3. The SMILES string of the molecule is [CH2]CC[CH]P(=O)(O)O. The lowest BCUT2D eigenvalue weighted by atomic mass is 10.4. The van der Waals surface area contributed by atoms with Crippen molar-refractivity contribution in [2.75, 3.05) is 0 Å². The van der Waals surface area contributed by atoms with E-state index in [0.29, 0.717) is 12.8 Å². The lowest BCUT2D eigenvalue weighted by molar-refractivity contribution is 0.379. The molecule has 0 aliphatic carbocycles. The van der Waals surface area contributed by atoms with Crippen LogP contribution < -0.4 is 0 Å². The van der Waals surface area contributed by atoms with Crippen LogP contribution >= 0.6 is 7.60 Å². The van der Waals surface area contributed by atoms with Crippen LogP contribution in [0.3, 0.4) is 0 Å². The minimum atomic E-state index is -3.85. The van der Waals surface area contributed by atoms with E-state index < -0.39 is 7.60 Å². The summed E-state index contributed by atoms with van der Waals surface area (Å²) in [6.45, 7) is 3.41. The average molecular weight is 136 g/mol. The highest BCUT2D eigenvalue weighted by molar-refractivity contribution is 7.54. The molecule has 48 valence electrons. The Bertz CT molecular complexity index is 95.5. The molecule has 0 saturated carbocycles. The van der Waals surface area contributed by atoms with E-state index >= 15 is 0 Å². The van der Waals surface area contributed by atoms with Gasteiger partial charge in [0.1, 0.15) is 0 Å². The van der Waals surface area contributed by atoms with Crippen molar-refractivity contribution in [2.24, 2.45) is 0 Å². The van der Waals surface area contributed by atoms with Crippen LogP contribution in [0, 0.1) is 13.1 Å². The van der Waals surface area contributed by atoms with Crippen molar-refractivity contribution >= 4 is 7.60 Å². The van der Waals surface area contributed by atoms with Gasteiger partial charge in [0.2, 0.25) is 0 Å². The van der Waals surface area contributed by atoms with Gasteiger partial charge < -0.3 is 9.79 Å². The molecule has 0 aromatic rings. The molecule has 0 bridgehead atoms. The molecule has 0 rings (SSSR count). The smallest absolute Gasteiger partial charge is 0.324 e. The van der Waals surface area contributed by atoms with Crippen LogP contribution in [-0.4, -0.2) is 9.79 Å². The zero-order valence-electron chi connectivity index (χ0n) is 4.45. The van der Waals surface area contributed by atoms with Crippen LogP contribution in [0.25, 0.3) is 0 Å². The van der Waals surface area contributed by atoms with Gasteiger partial charge in [0.25, 0.3) is 0 Å². The second-order valence-corrected chi connectivity index (χ2v) is 2.96. The van der Waals surface area contributed by atoms with E-state index in [1.54, 1.807) is 0 Å². The molecule has 2 N–H and O–H groups in total. The zero-order chi connectivity index (χ0) is 6.62. The summed E-state index contributed by atoms with van der Waals surface area (Å²) in [7, 11) is -3.85. The minimum Gasteiger partial charge on any atom is -0.324 e. The molecule has 0 heterocycles. The quantitative estimate of drug-likeness (QED) is 0.567. The first-order valence-corrected chi connectivity index (χ1v) is 3.93. The van der Waals surface area contributed by atoms with E-state index in [2.05, 4.69) is 6.92 Å². The largest absolute Gasteiger partial charge is 0.329 e. The molecule has 0 atom stereocenters. The summed E-state index contributed by atoms with van der Waals surface area (Å²) < 4.78 is 10.0. The van der Waals surface area contributed by atoms with Crippen molar-refractivity contribution in [1.29, 1.82) is 0 Å². The Morgan fingerprint density at radius 2 is 2.12 bits per heavy atom. The maximum atomic E-state index is 10.0. The van der Waals surface area contributed by atoms with Gasteiger partial charge in [0.05, 0.1) is 6.16 Å². The maximum Gasteiger partial charge on any atom is 0.329 e. The first-order valence-electron chi connectivity index (χ1n) is 2.25. The number of hydrogen-bond donors (Lipinski definition) is 2. The second-order valence-electron chi connectivity index (χ2n) is 1.41. The van der Waals surface area contributed by atoms with E-state index in [1.807, 2.05) is 0 Å². The molecule has 0 aromatic carbocycles. The minimum absolute atomic E-state index is 0.379. The Morgan fingerprint density at radius 3 is 2.25 bits per heavy atom. The number of unbranched alkanes of at least 4 members (excludes halogenated alkanes) is 1. The summed E-state index contributed by atoms with van der Waals surface area (Å²) in [5.41, 5.74) is 0. The first-order chi connectivity index (χ1) is 3.56. The second kappa shape index (κ2) is 3.23. The van der Waals surface area contributed by atoms with Crippen molar-refractivity contribution in [3.8, 4) is 0 Å². The molecule has 4 heteroatoms. The van der Waals surface area contributed by atoms with E-state index in [1.165, 1.54) is 0 Å². The van der Waals surface area contributed by atoms with Gasteiger partial charge in [-0.15, -0.1) is 0 Å². The fourth-order valence-corrected chi connectivity index (χ4v) is 0.778. The third-order valence-corrected chi connectivity index (χ3v) is 1.30. The lowest BCUT2D eigenvalue weighted by Crippen LogP contribution is -1.77. The highest BCUT2D eigenvalue weighted by Crippen LogP contribution is 2.39. The van der Waals surface area contributed by atoms with Crippen LogP contribution in [-0.2, 0) is 4.57 Å². The van der Waals surface area contributed by atoms with Crippen LogP contribution in [0.2, 0.25) is 0 Å². The zero-order valence-corrected chi connectivity index (χ0v) is 5.34. The molecule has 0 aliphatic rings. The highest BCUT2D eigenvalue weighted by Gasteiger charge is 2.10. The molecule has 3 nitrogen and oxygen atoms in total. The topological polar surface area (TPSA) is 57.5 Å². The molecular formula is C4H9O3P. The van der Waals surface area contributed by atoms with Gasteiger partial charge in [-0.05, 0) is 6.42 Å². The molecule has 0 amide bonds. The summed E-state index contributed by atoms with van der Waals surface area (Å²) in [6, 6.07) is 0. The highest BCUT2D eigenvalue weighted by atomic mass is 31.2. The van der Waals surface area contributed by atoms with Crippen LogP contribution in [0.5, 0.6) is 0 Å². The molecule has 8 heavy (non-hydrogen) atoms. The van der Waals surface area contributed by atoms with Crippen molar-refractivity contribution in [2.45, 2.75) is 12.8 Å². The predicted molar refractivity (Wildman–Crippen MR) is 30.9 cm³/mol. The Morgan fingerprint density at radius 1 is 1.62 bits per heavy atom. The third-order valence-electron chi connectivity index (χ3n) is 0.571. The van der Waals surface area contributed by atoms with Gasteiger partial charge in [-0.3, -0.25) is 4.57 Å². The molecule has 0 unspecified atom stereocenters. The van der Waals surface area contributed by atoms with Crippen LogP contribution in [0.1, 0.15) is 12.8 Å². The Balaban J connectivity index is 3.26. The van der Waals surface area contributed by atoms with Crippen LogP contribution in [0.4, 0.5) is 0 Å². The summed E-state index contributed by atoms with van der Waals surface area (Å²) >= 11 is 0. The van der Waals surface area contributed by atoms with Gasteiger partial charge in [-0.1, -0.05) is 13.3 Å². The van der Waals surface area contributed by atoms with Crippen LogP contribution in [0.15, 0.2) is 0 Å². The summed E-state index contributed by atoms with van der Waals surface area (Å²) in [4.78, 5) is 16.4. The molecule has 0 aromatic heterocycles. The van der Waals surface area contributed by atoms with E-state index in [0.717, 1.165) is 6.16 Å². The van der Waals surface area contributed by atoms with E-state index in [9.17, 15) is 4.57 Å². The fourth-order valence-electron chi connectivity index (χ4n) is 0.259.